The number of carbonyl (C=O) groups excluding carboxylic acids is 1. The van der Waals surface area contributed by atoms with Gasteiger partial charge in [-0.15, -0.1) is 0 Å². The normalized spacial score (nSPS) is 23.9. The van der Waals surface area contributed by atoms with E-state index in [-0.39, 0.29) is 12.5 Å². The van der Waals surface area contributed by atoms with Crippen LogP contribution in [0.25, 0.3) is 0 Å². The van der Waals surface area contributed by atoms with Gasteiger partial charge in [-0.3, -0.25) is 4.79 Å². The molecule has 3 heteroatoms. The average Bonchev–Trinajstić information content (AvgIpc) is 2.75. The zero-order chi connectivity index (χ0) is 11.4. The number of hydrogen-bond acceptors (Lipinski definition) is 2. The molecule has 2 aliphatic rings. The third-order valence-electron chi connectivity index (χ3n) is 4.39. The molecule has 1 saturated heterocycles. The maximum Gasteiger partial charge on any atom is 0.222 e. The van der Waals surface area contributed by atoms with E-state index >= 15 is 0 Å². The lowest BCUT2D eigenvalue weighted by Crippen LogP contribution is -2.42. The van der Waals surface area contributed by atoms with Gasteiger partial charge in [-0.05, 0) is 37.5 Å². The molecule has 0 bridgehead atoms. The Bertz CT molecular complexity index is 236. The predicted molar refractivity (Wildman–Crippen MR) is 63.0 cm³/mol. The molecule has 2 rings (SSSR count). The first-order valence-corrected chi connectivity index (χ1v) is 6.64. The Labute approximate surface area is 97.8 Å². The number of likely N-dealkylation sites (tertiary alicyclic amines) is 1. The number of amides is 1. The third kappa shape index (κ3) is 2.57. The summed E-state index contributed by atoms with van der Waals surface area (Å²) in [6.07, 6.45) is 9.08. The molecule has 92 valence electrons. The summed E-state index contributed by atoms with van der Waals surface area (Å²) in [5, 5.41) is 8.71. The third-order valence-corrected chi connectivity index (χ3v) is 4.39. The summed E-state index contributed by atoms with van der Waals surface area (Å²) in [5.41, 5.74) is 0.591. The van der Waals surface area contributed by atoms with Crippen LogP contribution in [-0.4, -0.2) is 35.6 Å². The number of aliphatic hydroxyl groups excluding tert-OH is 1. The van der Waals surface area contributed by atoms with Gasteiger partial charge >= 0.3 is 0 Å². The lowest BCUT2D eigenvalue weighted by Gasteiger charge is -2.39. The largest absolute Gasteiger partial charge is 0.396 e. The van der Waals surface area contributed by atoms with Gasteiger partial charge in [0.1, 0.15) is 0 Å². The van der Waals surface area contributed by atoms with E-state index < -0.39 is 0 Å². The van der Waals surface area contributed by atoms with Gasteiger partial charge in [-0.2, -0.15) is 0 Å². The molecule has 16 heavy (non-hydrogen) atoms. The maximum absolute atomic E-state index is 11.8. The van der Waals surface area contributed by atoms with Crippen molar-refractivity contribution in [2.24, 2.45) is 5.41 Å². The molecule has 1 heterocycles. The van der Waals surface area contributed by atoms with E-state index in [2.05, 4.69) is 0 Å². The standard InChI is InChI=1S/C13H23NO2/c15-11-3-4-12(16)14-9-7-13(8-10-14)5-1-2-6-13/h15H,1-11H2. The van der Waals surface area contributed by atoms with Crippen LogP contribution >= 0.6 is 0 Å². The van der Waals surface area contributed by atoms with Crippen molar-refractivity contribution in [1.29, 1.82) is 0 Å². The Morgan fingerprint density at radius 2 is 1.75 bits per heavy atom. The highest BCUT2D eigenvalue weighted by Gasteiger charge is 2.37. The monoisotopic (exact) mass is 225 g/mol. The van der Waals surface area contributed by atoms with E-state index in [0.29, 0.717) is 18.3 Å². The molecule has 1 saturated carbocycles. The highest BCUT2D eigenvalue weighted by molar-refractivity contribution is 5.76. The Balaban J connectivity index is 1.78. The molecular formula is C13H23NO2. The first-order valence-electron chi connectivity index (χ1n) is 6.64. The second-order valence-electron chi connectivity index (χ2n) is 5.42. The van der Waals surface area contributed by atoms with Crippen LogP contribution in [0.2, 0.25) is 0 Å². The molecule has 1 aliphatic carbocycles. The second-order valence-corrected chi connectivity index (χ2v) is 5.42. The average molecular weight is 225 g/mol. The molecule has 0 aromatic heterocycles. The molecule has 0 atom stereocenters. The van der Waals surface area contributed by atoms with Crippen LogP contribution < -0.4 is 0 Å². The van der Waals surface area contributed by atoms with Crippen molar-refractivity contribution in [2.45, 2.75) is 51.4 Å². The Morgan fingerprint density at radius 3 is 2.31 bits per heavy atom. The van der Waals surface area contributed by atoms with Gasteiger partial charge in [0, 0.05) is 26.1 Å². The summed E-state index contributed by atoms with van der Waals surface area (Å²) < 4.78 is 0. The number of aliphatic hydroxyl groups is 1. The van der Waals surface area contributed by atoms with Gasteiger partial charge in [0.25, 0.3) is 0 Å². The minimum Gasteiger partial charge on any atom is -0.396 e. The van der Waals surface area contributed by atoms with E-state index in [1.165, 1.54) is 38.5 Å². The number of nitrogens with zero attached hydrogens (tertiary/aromatic N) is 1. The molecular weight excluding hydrogens is 202 g/mol. The minimum atomic E-state index is 0.128. The highest BCUT2D eigenvalue weighted by Crippen LogP contribution is 2.46. The quantitative estimate of drug-likeness (QED) is 0.797. The molecule has 0 unspecified atom stereocenters. The summed E-state index contributed by atoms with van der Waals surface area (Å²) in [5.74, 6) is 0.238. The Morgan fingerprint density at radius 1 is 1.12 bits per heavy atom. The minimum absolute atomic E-state index is 0.128. The first kappa shape index (κ1) is 11.9. The summed E-state index contributed by atoms with van der Waals surface area (Å²) in [7, 11) is 0. The number of hydrogen-bond donors (Lipinski definition) is 1. The molecule has 1 amide bonds. The molecule has 1 N–H and O–H groups in total. The van der Waals surface area contributed by atoms with Crippen molar-refractivity contribution >= 4 is 5.91 Å². The van der Waals surface area contributed by atoms with E-state index in [0.717, 1.165) is 13.1 Å². The van der Waals surface area contributed by atoms with E-state index in [1.54, 1.807) is 0 Å². The van der Waals surface area contributed by atoms with Crippen LogP contribution in [0, 0.1) is 5.41 Å². The van der Waals surface area contributed by atoms with Gasteiger partial charge in [0.05, 0.1) is 0 Å². The van der Waals surface area contributed by atoms with Crippen molar-refractivity contribution < 1.29 is 9.90 Å². The van der Waals surface area contributed by atoms with Gasteiger partial charge in [-0.1, -0.05) is 12.8 Å². The van der Waals surface area contributed by atoms with Crippen molar-refractivity contribution in [2.75, 3.05) is 19.7 Å². The van der Waals surface area contributed by atoms with Crippen molar-refractivity contribution in [3.63, 3.8) is 0 Å². The van der Waals surface area contributed by atoms with Crippen LogP contribution in [0.4, 0.5) is 0 Å². The fraction of sp³-hybridized carbons (Fsp3) is 0.923. The van der Waals surface area contributed by atoms with Crippen LogP contribution in [0.15, 0.2) is 0 Å². The predicted octanol–water partition coefficient (Wildman–Crippen LogP) is 1.94. The van der Waals surface area contributed by atoms with Crippen LogP contribution in [0.3, 0.4) is 0 Å². The van der Waals surface area contributed by atoms with Crippen molar-refractivity contribution in [3.05, 3.63) is 0 Å². The maximum atomic E-state index is 11.8. The molecule has 0 aromatic rings. The summed E-state index contributed by atoms with van der Waals surface area (Å²) >= 11 is 0. The molecule has 3 nitrogen and oxygen atoms in total. The first-order chi connectivity index (χ1) is 7.76. The molecule has 1 aliphatic heterocycles. The van der Waals surface area contributed by atoms with Gasteiger partial charge in [0.15, 0.2) is 0 Å². The lowest BCUT2D eigenvalue weighted by atomic mass is 9.77. The van der Waals surface area contributed by atoms with E-state index in [4.69, 9.17) is 5.11 Å². The smallest absolute Gasteiger partial charge is 0.222 e. The molecule has 2 fully saturated rings. The van der Waals surface area contributed by atoms with Gasteiger partial charge in [-0.25, -0.2) is 0 Å². The highest BCUT2D eigenvalue weighted by atomic mass is 16.3. The zero-order valence-electron chi connectivity index (χ0n) is 10.1. The van der Waals surface area contributed by atoms with E-state index in [9.17, 15) is 4.79 Å². The van der Waals surface area contributed by atoms with Gasteiger partial charge < -0.3 is 10.0 Å². The SMILES string of the molecule is O=C(CCCO)N1CCC2(CCCC2)CC1. The summed E-state index contributed by atoms with van der Waals surface area (Å²) in [6.45, 7) is 2.03. The summed E-state index contributed by atoms with van der Waals surface area (Å²) in [6, 6.07) is 0. The number of piperidine rings is 1. The fourth-order valence-electron chi connectivity index (χ4n) is 3.24. The van der Waals surface area contributed by atoms with Gasteiger partial charge in [0.2, 0.25) is 5.91 Å². The topological polar surface area (TPSA) is 40.5 Å². The lowest BCUT2D eigenvalue weighted by molar-refractivity contribution is -0.133. The molecule has 0 radical (unpaired) electrons. The van der Waals surface area contributed by atoms with Crippen LogP contribution in [0.1, 0.15) is 51.4 Å². The van der Waals surface area contributed by atoms with Crippen molar-refractivity contribution in [1.82, 2.24) is 4.90 Å². The Kier molecular flexibility index (Phi) is 3.85. The molecule has 0 aromatic carbocycles. The van der Waals surface area contributed by atoms with Crippen LogP contribution in [-0.2, 0) is 4.79 Å². The second kappa shape index (κ2) is 5.17. The molecule has 1 spiro atoms. The van der Waals surface area contributed by atoms with Crippen molar-refractivity contribution in [3.8, 4) is 0 Å². The fourth-order valence-corrected chi connectivity index (χ4v) is 3.24. The van der Waals surface area contributed by atoms with Crippen LogP contribution in [0.5, 0.6) is 0 Å². The Hall–Kier alpha value is -0.570. The number of rotatable bonds is 3. The van der Waals surface area contributed by atoms with E-state index in [1.807, 2.05) is 4.90 Å². The number of carbonyl (C=O) groups is 1. The zero-order valence-corrected chi connectivity index (χ0v) is 10.1. The summed E-state index contributed by atoms with van der Waals surface area (Å²) in [4.78, 5) is 13.8.